The van der Waals surface area contributed by atoms with Crippen LogP contribution in [0.4, 0.5) is 0 Å². The molecule has 5 saturated carbocycles. The molecule has 4 nitrogen and oxygen atoms in total. The van der Waals surface area contributed by atoms with Crippen LogP contribution in [0.3, 0.4) is 0 Å². The van der Waals surface area contributed by atoms with Gasteiger partial charge in [-0.05, 0) is 92.3 Å². The number of allylic oxidation sites excluding steroid dienone is 1. The lowest BCUT2D eigenvalue weighted by Gasteiger charge is -2.73. The Labute approximate surface area is 206 Å². The summed E-state index contributed by atoms with van der Waals surface area (Å²) in [6.07, 6.45) is 13.6. The topological polar surface area (TPSA) is 52.9 Å². The van der Waals surface area contributed by atoms with Gasteiger partial charge in [-0.25, -0.2) is 0 Å². The van der Waals surface area contributed by atoms with Crippen molar-refractivity contribution in [2.75, 3.05) is 19.7 Å². The Bertz CT molecular complexity index is 903. The largest absolute Gasteiger partial charge is 0.395 e. The molecular formula is C30H47NO3. The molecule has 2 aliphatic heterocycles. The maximum absolute atomic E-state index is 10.3. The van der Waals surface area contributed by atoms with E-state index >= 15 is 0 Å². The minimum Gasteiger partial charge on any atom is -0.395 e. The van der Waals surface area contributed by atoms with Crippen LogP contribution in [-0.4, -0.2) is 58.7 Å². The van der Waals surface area contributed by atoms with Gasteiger partial charge in [-0.2, -0.15) is 0 Å². The van der Waals surface area contributed by atoms with E-state index in [2.05, 4.69) is 38.7 Å². The number of aliphatic hydroxyl groups is 2. The molecule has 0 aromatic carbocycles. The van der Waals surface area contributed by atoms with Crippen molar-refractivity contribution in [1.82, 2.24) is 4.90 Å². The van der Waals surface area contributed by atoms with Crippen LogP contribution in [0.1, 0.15) is 85.5 Å². The number of nitrogens with zero attached hydrogens (tertiary/aromatic N) is 1. The van der Waals surface area contributed by atoms with Crippen molar-refractivity contribution in [3.63, 3.8) is 0 Å². The van der Waals surface area contributed by atoms with E-state index in [-0.39, 0.29) is 18.3 Å². The van der Waals surface area contributed by atoms with E-state index in [1.54, 1.807) is 5.57 Å². The van der Waals surface area contributed by atoms with E-state index in [1.807, 2.05) is 0 Å². The number of fused-ring (bicyclic) bond motifs is 5. The molecule has 0 aromatic rings. The van der Waals surface area contributed by atoms with Crippen LogP contribution in [0.15, 0.2) is 11.6 Å². The minimum absolute atomic E-state index is 0.0162. The summed E-state index contributed by atoms with van der Waals surface area (Å²) in [5.41, 5.74) is 2.77. The van der Waals surface area contributed by atoms with Crippen molar-refractivity contribution in [3.8, 4) is 0 Å². The molecule has 34 heavy (non-hydrogen) atoms. The standard InChI is InChI=1S/C30H47NO3/c1-18-13-24-26(31(16-18)11-12-32)19(2)30(34-24)10-9-29-17-28(30,4)25(29)15-23-22(29)6-5-20-14-21(33)7-8-27(20,23)3/h14,18-19,21-26,32-33H,5-13,15-17H2,1-4H3/t18-,19+,21-,22+,23-,24+,25?,26-,27-,28?,29?,30+/m0/s1. The third kappa shape index (κ3) is 2.50. The first kappa shape index (κ1) is 22.8. The van der Waals surface area contributed by atoms with Crippen molar-refractivity contribution in [2.24, 2.45) is 45.8 Å². The summed E-state index contributed by atoms with van der Waals surface area (Å²) in [6, 6.07) is 0.476. The van der Waals surface area contributed by atoms with Gasteiger partial charge in [0.15, 0.2) is 0 Å². The molecule has 8 rings (SSSR count). The van der Waals surface area contributed by atoms with Crippen molar-refractivity contribution in [1.29, 1.82) is 0 Å². The van der Waals surface area contributed by atoms with Gasteiger partial charge in [-0.3, -0.25) is 4.90 Å². The fourth-order valence-electron chi connectivity index (χ4n) is 12.2. The van der Waals surface area contributed by atoms with Crippen molar-refractivity contribution in [2.45, 2.75) is 109 Å². The van der Waals surface area contributed by atoms with E-state index in [4.69, 9.17) is 4.74 Å². The number of piperidine rings is 1. The quantitative estimate of drug-likeness (QED) is 0.571. The van der Waals surface area contributed by atoms with E-state index < -0.39 is 0 Å². The second kappa shape index (κ2) is 7.11. The summed E-state index contributed by atoms with van der Waals surface area (Å²) < 4.78 is 7.34. The zero-order chi connectivity index (χ0) is 23.7. The molecule has 2 N–H and O–H groups in total. The normalized spacial score (nSPS) is 60.1. The average Bonchev–Trinajstić information content (AvgIpc) is 3.22. The number of hydrogen-bond acceptors (Lipinski definition) is 4. The molecule has 190 valence electrons. The Morgan fingerprint density at radius 2 is 1.91 bits per heavy atom. The Morgan fingerprint density at radius 3 is 2.71 bits per heavy atom. The van der Waals surface area contributed by atoms with Crippen LogP contribution >= 0.6 is 0 Å². The van der Waals surface area contributed by atoms with Gasteiger partial charge in [-0.1, -0.05) is 39.3 Å². The SMILES string of the molecule is C[C@H]1C[C@H]2O[C@]3(CCC45CC3(C)C4C[C@H]3[C@H]5CCC4=C[C@@H](O)CC[C@@]43C)[C@H](C)[C@@H]2N(CCO)C1. The van der Waals surface area contributed by atoms with Crippen LogP contribution in [0, 0.1) is 45.8 Å². The molecule has 4 heteroatoms. The highest BCUT2D eigenvalue weighted by Gasteiger charge is 2.81. The van der Waals surface area contributed by atoms with Gasteiger partial charge in [0, 0.05) is 30.5 Å². The first-order valence-corrected chi connectivity index (χ1v) is 14.6. The van der Waals surface area contributed by atoms with Gasteiger partial charge in [0.1, 0.15) is 0 Å². The average molecular weight is 470 g/mol. The summed E-state index contributed by atoms with van der Waals surface area (Å²) in [7, 11) is 0. The van der Waals surface area contributed by atoms with Crippen LogP contribution in [0.25, 0.3) is 0 Å². The summed E-state index contributed by atoms with van der Waals surface area (Å²) >= 11 is 0. The van der Waals surface area contributed by atoms with Crippen LogP contribution in [0.5, 0.6) is 0 Å². The lowest BCUT2D eigenvalue weighted by atomic mass is 9.33. The maximum Gasteiger partial charge on any atom is 0.0784 e. The predicted molar refractivity (Wildman–Crippen MR) is 133 cm³/mol. The molecule has 2 heterocycles. The molecule has 6 aliphatic carbocycles. The number of β-amino-alcohol motifs (C(OH)–C–C–N with tert-alkyl or cyclic N) is 1. The number of aliphatic hydroxyl groups excluding tert-OH is 2. The van der Waals surface area contributed by atoms with Gasteiger partial charge in [0.25, 0.3) is 0 Å². The second-order valence-electron chi connectivity index (χ2n) is 14.5. The monoisotopic (exact) mass is 469 g/mol. The highest BCUT2D eigenvalue weighted by Crippen LogP contribution is 2.84. The van der Waals surface area contributed by atoms with Gasteiger partial charge in [0.05, 0.1) is 24.4 Å². The fourth-order valence-corrected chi connectivity index (χ4v) is 12.2. The van der Waals surface area contributed by atoms with Gasteiger partial charge < -0.3 is 14.9 Å². The molecule has 0 aromatic heterocycles. The molecule has 2 bridgehead atoms. The van der Waals surface area contributed by atoms with Crippen molar-refractivity contribution < 1.29 is 14.9 Å². The van der Waals surface area contributed by atoms with E-state index in [9.17, 15) is 10.2 Å². The second-order valence-corrected chi connectivity index (χ2v) is 14.5. The van der Waals surface area contributed by atoms with E-state index in [0.717, 1.165) is 37.3 Å². The zero-order valence-electron chi connectivity index (χ0n) is 21.9. The van der Waals surface area contributed by atoms with E-state index in [0.29, 0.717) is 40.2 Å². The molecule has 8 aliphatic rings. The molecule has 7 fully saturated rings. The third-order valence-corrected chi connectivity index (χ3v) is 13.4. The Hall–Kier alpha value is -0.420. The number of ether oxygens (including phenoxy) is 1. The summed E-state index contributed by atoms with van der Waals surface area (Å²) in [4.78, 5) is 2.59. The summed E-state index contributed by atoms with van der Waals surface area (Å²) in [5.74, 6) is 3.67. The third-order valence-electron chi connectivity index (χ3n) is 13.4. The fraction of sp³-hybridized carbons (Fsp3) is 0.933. The van der Waals surface area contributed by atoms with Crippen molar-refractivity contribution in [3.05, 3.63) is 11.6 Å². The number of likely N-dealkylation sites (tertiary alicyclic amines) is 1. The Morgan fingerprint density at radius 1 is 1.09 bits per heavy atom. The predicted octanol–water partition coefficient (Wildman–Crippen LogP) is 4.79. The molecular weight excluding hydrogens is 422 g/mol. The summed E-state index contributed by atoms with van der Waals surface area (Å²) in [5, 5.41) is 20.1. The van der Waals surface area contributed by atoms with Crippen LogP contribution in [0.2, 0.25) is 0 Å². The van der Waals surface area contributed by atoms with Crippen LogP contribution < -0.4 is 0 Å². The highest BCUT2D eigenvalue weighted by molar-refractivity contribution is 5.34. The van der Waals surface area contributed by atoms with E-state index in [1.165, 1.54) is 51.4 Å². The van der Waals surface area contributed by atoms with Gasteiger partial charge >= 0.3 is 0 Å². The molecule has 2 saturated heterocycles. The molecule has 0 amide bonds. The molecule has 2 spiro atoms. The van der Waals surface area contributed by atoms with Crippen LogP contribution in [-0.2, 0) is 4.74 Å². The molecule has 0 radical (unpaired) electrons. The zero-order valence-corrected chi connectivity index (χ0v) is 21.9. The minimum atomic E-state index is -0.212. The Balaban J connectivity index is 1.22. The van der Waals surface area contributed by atoms with Crippen molar-refractivity contribution >= 4 is 0 Å². The van der Waals surface area contributed by atoms with Gasteiger partial charge in [0.2, 0.25) is 0 Å². The van der Waals surface area contributed by atoms with Gasteiger partial charge in [-0.15, -0.1) is 0 Å². The highest BCUT2D eigenvalue weighted by atomic mass is 16.5. The Kier molecular flexibility index (Phi) is 4.76. The lowest BCUT2D eigenvalue weighted by molar-refractivity contribution is -0.295. The smallest absolute Gasteiger partial charge is 0.0784 e. The number of rotatable bonds is 2. The first-order valence-electron chi connectivity index (χ1n) is 14.6. The number of hydrogen-bond donors (Lipinski definition) is 2. The molecule has 12 atom stereocenters. The summed E-state index contributed by atoms with van der Waals surface area (Å²) in [6.45, 7) is 12.2. The maximum atomic E-state index is 10.3. The first-order chi connectivity index (χ1) is 16.2. The molecule has 3 unspecified atom stereocenters. The lowest BCUT2D eigenvalue weighted by Crippen LogP contribution is -2.71.